The minimum Gasteiger partial charge on any atom is -0.356 e. The molecule has 24 heavy (non-hydrogen) atoms. The summed E-state index contributed by atoms with van der Waals surface area (Å²) in [5.74, 6) is 1.83. The molecule has 2 aromatic heterocycles. The van der Waals surface area contributed by atoms with E-state index in [9.17, 15) is 0 Å². The largest absolute Gasteiger partial charge is 0.356 e. The molecular weight excluding hydrogens is 419 g/mol. The Hall–Kier alpha value is -1.65. The normalized spacial score (nSPS) is 11.2. The average molecular weight is 446 g/mol. The van der Waals surface area contributed by atoms with Gasteiger partial charge in [0.25, 0.3) is 0 Å². The third kappa shape index (κ3) is 6.46. The Morgan fingerprint density at radius 1 is 1.29 bits per heavy atom. The van der Waals surface area contributed by atoms with Gasteiger partial charge in [-0.25, -0.2) is 0 Å². The average Bonchev–Trinajstić information content (AvgIpc) is 3.18. The van der Waals surface area contributed by atoms with Gasteiger partial charge in [-0.2, -0.15) is 5.10 Å². The monoisotopic (exact) mass is 446 g/mol. The van der Waals surface area contributed by atoms with Crippen molar-refractivity contribution in [3.05, 3.63) is 30.1 Å². The number of aromatic nitrogens is 5. The molecule has 0 aliphatic rings. The van der Waals surface area contributed by atoms with E-state index in [0.717, 1.165) is 50.7 Å². The van der Waals surface area contributed by atoms with Gasteiger partial charge in [-0.3, -0.25) is 9.67 Å². The lowest BCUT2D eigenvalue weighted by atomic mass is 10.2. The van der Waals surface area contributed by atoms with Gasteiger partial charge in [0.15, 0.2) is 5.96 Å². The first kappa shape index (κ1) is 20.4. The van der Waals surface area contributed by atoms with E-state index in [1.807, 2.05) is 17.9 Å². The fraction of sp³-hybridized carbons (Fsp3) is 0.600. The number of nitrogens with one attached hydrogen (secondary N) is 2. The van der Waals surface area contributed by atoms with Crippen LogP contribution in [0, 0.1) is 0 Å². The summed E-state index contributed by atoms with van der Waals surface area (Å²) in [5, 5.41) is 18.8. The van der Waals surface area contributed by atoms with Gasteiger partial charge in [-0.15, -0.1) is 34.2 Å². The smallest absolute Gasteiger partial charge is 0.191 e. The summed E-state index contributed by atoms with van der Waals surface area (Å²) in [4.78, 5) is 4.24. The lowest BCUT2D eigenvalue weighted by Gasteiger charge is -2.12. The highest BCUT2D eigenvalue weighted by atomic mass is 127. The molecule has 0 saturated heterocycles. The van der Waals surface area contributed by atoms with Crippen molar-refractivity contribution in [2.24, 2.45) is 12.0 Å². The Kier molecular flexibility index (Phi) is 9.35. The van der Waals surface area contributed by atoms with Gasteiger partial charge in [-0.1, -0.05) is 6.92 Å². The second-order valence-corrected chi connectivity index (χ2v) is 5.35. The van der Waals surface area contributed by atoms with Crippen molar-refractivity contribution in [3.63, 3.8) is 0 Å². The Morgan fingerprint density at radius 2 is 2.08 bits per heavy atom. The number of aliphatic imine (C=N–C) groups is 1. The zero-order chi connectivity index (χ0) is 16.5. The topological polar surface area (TPSA) is 84.9 Å². The van der Waals surface area contributed by atoms with E-state index in [0.29, 0.717) is 0 Å². The van der Waals surface area contributed by atoms with Gasteiger partial charge in [0, 0.05) is 46.3 Å². The van der Waals surface area contributed by atoms with Gasteiger partial charge in [0.05, 0.1) is 6.20 Å². The second-order valence-electron chi connectivity index (χ2n) is 5.35. The van der Waals surface area contributed by atoms with E-state index in [2.05, 4.69) is 48.6 Å². The molecule has 134 valence electrons. The van der Waals surface area contributed by atoms with Crippen LogP contribution in [-0.4, -0.2) is 50.6 Å². The standard InChI is InChI=1S/C15H26N8.HI/c1-4-14-21-19-12-23(14)9-8-18-15(16-2)17-7-5-6-13-10-20-22(3)11-13;/h10-12H,4-9H2,1-3H3,(H2,16,17,18);1H. The quantitative estimate of drug-likeness (QED) is 0.274. The lowest BCUT2D eigenvalue weighted by molar-refractivity contribution is 0.630. The molecule has 0 spiro atoms. The van der Waals surface area contributed by atoms with Crippen molar-refractivity contribution in [2.75, 3.05) is 20.1 Å². The molecule has 0 fully saturated rings. The number of aryl methyl sites for hydroxylation is 3. The first-order chi connectivity index (χ1) is 11.2. The van der Waals surface area contributed by atoms with E-state index in [-0.39, 0.29) is 24.0 Å². The van der Waals surface area contributed by atoms with Crippen molar-refractivity contribution in [1.29, 1.82) is 0 Å². The fourth-order valence-corrected chi connectivity index (χ4v) is 2.36. The summed E-state index contributed by atoms with van der Waals surface area (Å²) in [6.45, 7) is 4.57. The molecule has 0 bridgehead atoms. The molecule has 8 nitrogen and oxygen atoms in total. The number of hydrogen-bond acceptors (Lipinski definition) is 4. The fourth-order valence-electron chi connectivity index (χ4n) is 2.36. The van der Waals surface area contributed by atoms with Gasteiger partial charge >= 0.3 is 0 Å². The van der Waals surface area contributed by atoms with Crippen molar-refractivity contribution in [3.8, 4) is 0 Å². The molecule has 2 rings (SSSR count). The third-order valence-electron chi connectivity index (χ3n) is 3.57. The van der Waals surface area contributed by atoms with Crippen LogP contribution in [0.15, 0.2) is 23.7 Å². The van der Waals surface area contributed by atoms with Crippen molar-refractivity contribution >= 4 is 29.9 Å². The maximum atomic E-state index is 4.24. The Bertz CT molecular complexity index is 619. The first-order valence-corrected chi connectivity index (χ1v) is 8.01. The minimum atomic E-state index is 0. The highest BCUT2D eigenvalue weighted by molar-refractivity contribution is 14.0. The van der Waals surface area contributed by atoms with Crippen molar-refractivity contribution in [1.82, 2.24) is 35.2 Å². The van der Waals surface area contributed by atoms with Crippen molar-refractivity contribution < 1.29 is 0 Å². The Morgan fingerprint density at radius 3 is 2.75 bits per heavy atom. The lowest BCUT2D eigenvalue weighted by Crippen LogP contribution is -2.39. The SMILES string of the molecule is CCc1nncn1CCNC(=NC)NCCCc1cnn(C)c1.I. The highest BCUT2D eigenvalue weighted by Crippen LogP contribution is 1.99. The molecule has 0 aromatic carbocycles. The molecule has 0 aliphatic heterocycles. The maximum absolute atomic E-state index is 4.24. The van der Waals surface area contributed by atoms with Crippen LogP contribution < -0.4 is 10.6 Å². The number of rotatable bonds is 8. The molecule has 2 heterocycles. The summed E-state index contributed by atoms with van der Waals surface area (Å²) in [6.07, 6.45) is 8.68. The van der Waals surface area contributed by atoms with Crippen LogP contribution >= 0.6 is 24.0 Å². The van der Waals surface area contributed by atoms with E-state index < -0.39 is 0 Å². The number of nitrogens with zero attached hydrogens (tertiary/aromatic N) is 6. The summed E-state index contributed by atoms with van der Waals surface area (Å²) in [5.41, 5.74) is 1.26. The van der Waals surface area contributed by atoms with E-state index in [4.69, 9.17) is 0 Å². The zero-order valence-corrected chi connectivity index (χ0v) is 16.9. The molecule has 0 radical (unpaired) electrons. The number of guanidine groups is 1. The molecule has 0 amide bonds. The highest BCUT2D eigenvalue weighted by Gasteiger charge is 2.02. The minimum absolute atomic E-state index is 0. The van der Waals surface area contributed by atoms with E-state index >= 15 is 0 Å². The third-order valence-corrected chi connectivity index (χ3v) is 3.57. The Balaban J connectivity index is 0.00000288. The summed E-state index contributed by atoms with van der Waals surface area (Å²) < 4.78 is 3.89. The maximum Gasteiger partial charge on any atom is 0.191 e. The van der Waals surface area contributed by atoms with Gasteiger partial charge in [-0.05, 0) is 18.4 Å². The van der Waals surface area contributed by atoms with Crippen molar-refractivity contribution in [2.45, 2.75) is 32.7 Å². The number of hydrogen-bond donors (Lipinski definition) is 2. The van der Waals surface area contributed by atoms with Crippen LogP contribution in [0.25, 0.3) is 0 Å². The molecular formula is C15H27IN8. The number of halogens is 1. The summed E-state index contributed by atoms with van der Waals surface area (Å²) in [7, 11) is 3.72. The van der Waals surface area contributed by atoms with Crippen LogP contribution in [0.5, 0.6) is 0 Å². The molecule has 0 atom stereocenters. The molecule has 0 aliphatic carbocycles. The van der Waals surface area contributed by atoms with Crippen LogP contribution in [0.3, 0.4) is 0 Å². The molecule has 0 unspecified atom stereocenters. The Labute approximate surface area is 160 Å². The second kappa shape index (κ2) is 11.0. The van der Waals surface area contributed by atoms with Gasteiger partial charge in [0.1, 0.15) is 12.2 Å². The zero-order valence-electron chi connectivity index (χ0n) is 14.6. The van der Waals surface area contributed by atoms with E-state index in [1.54, 1.807) is 13.4 Å². The summed E-state index contributed by atoms with van der Waals surface area (Å²) >= 11 is 0. The molecule has 2 N–H and O–H groups in total. The van der Waals surface area contributed by atoms with Crippen LogP contribution in [0.1, 0.15) is 24.7 Å². The van der Waals surface area contributed by atoms with Gasteiger partial charge in [0.2, 0.25) is 0 Å². The predicted molar refractivity (Wildman–Crippen MR) is 106 cm³/mol. The van der Waals surface area contributed by atoms with Crippen LogP contribution in [-0.2, 0) is 26.4 Å². The molecule has 2 aromatic rings. The predicted octanol–water partition coefficient (Wildman–Crippen LogP) is 0.990. The van der Waals surface area contributed by atoms with Gasteiger partial charge < -0.3 is 15.2 Å². The van der Waals surface area contributed by atoms with Crippen LogP contribution in [0.4, 0.5) is 0 Å². The first-order valence-electron chi connectivity index (χ1n) is 8.01. The summed E-state index contributed by atoms with van der Waals surface area (Å²) in [6, 6.07) is 0. The van der Waals surface area contributed by atoms with Crippen LogP contribution in [0.2, 0.25) is 0 Å². The molecule has 9 heteroatoms. The van der Waals surface area contributed by atoms with E-state index in [1.165, 1.54) is 5.56 Å². The molecule has 0 saturated carbocycles.